The summed E-state index contributed by atoms with van der Waals surface area (Å²) in [5, 5.41) is 17.8. The molecule has 8 heteroatoms. The van der Waals surface area contributed by atoms with E-state index >= 15 is 0 Å². The second-order valence-electron chi connectivity index (χ2n) is 8.29. The molecule has 2 aromatic carbocycles. The minimum Gasteiger partial charge on any atom is -0.490 e. The van der Waals surface area contributed by atoms with E-state index in [1.54, 1.807) is 0 Å². The maximum absolute atomic E-state index is 11.6. The van der Waals surface area contributed by atoms with Crippen molar-refractivity contribution in [2.45, 2.75) is 32.6 Å². The fourth-order valence-electron chi connectivity index (χ4n) is 3.37. The Hall–Kier alpha value is -3.62. The lowest BCUT2D eigenvalue weighted by molar-refractivity contribution is -0.141. The molecule has 2 N–H and O–H groups in total. The zero-order valence-electron chi connectivity index (χ0n) is 21.4. The fraction of sp³-hybridized carbons (Fsp3) is 0.379. The fourth-order valence-corrected chi connectivity index (χ4v) is 3.37. The van der Waals surface area contributed by atoms with Gasteiger partial charge in [0.05, 0.1) is 24.4 Å². The molecular formula is C29H36O8. The van der Waals surface area contributed by atoms with Crippen LogP contribution in [0.25, 0.3) is 11.1 Å². The van der Waals surface area contributed by atoms with Gasteiger partial charge in [-0.05, 0) is 53.8 Å². The molecular weight excluding hydrogens is 476 g/mol. The lowest BCUT2D eigenvalue weighted by Crippen LogP contribution is -2.15. The van der Waals surface area contributed by atoms with Gasteiger partial charge in [0.15, 0.2) is 0 Å². The first-order valence-electron chi connectivity index (χ1n) is 12.3. The number of hydrogen-bond donors (Lipinski definition) is 2. The highest BCUT2D eigenvalue weighted by atomic mass is 16.6. The smallest absolute Gasteiger partial charge is 0.335 e. The van der Waals surface area contributed by atoms with Gasteiger partial charge in [-0.3, -0.25) is 0 Å². The molecule has 0 unspecified atom stereocenters. The third-order valence-corrected chi connectivity index (χ3v) is 5.42. The second kappa shape index (κ2) is 16.2. The number of rotatable bonds is 17. The first-order valence-corrected chi connectivity index (χ1v) is 12.3. The Morgan fingerprint density at radius 2 is 1.30 bits per heavy atom. The Morgan fingerprint density at radius 1 is 0.757 bits per heavy atom. The van der Waals surface area contributed by atoms with E-state index in [2.05, 4.69) is 20.1 Å². The SMILES string of the molecule is C=C(CO)C(=O)OCCOc1ccc(-c2ccc(OCCOC(=O)C(=C)CO)cc2CCCCC)cc1. The predicted molar refractivity (Wildman–Crippen MR) is 140 cm³/mol. The van der Waals surface area contributed by atoms with Crippen molar-refractivity contribution in [2.24, 2.45) is 0 Å². The Balaban J connectivity index is 1.99. The van der Waals surface area contributed by atoms with Crippen LogP contribution in [-0.2, 0) is 25.5 Å². The minimum atomic E-state index is -0.641. The van der Waals surface area contributed by atoms with E-state index in [1.807, 2.05) is 42.5 Å². The van der Waals surface area contributed by atoms with Gasteiger partial charge >= 0.3 is 11.9 Å². The largest absolute Gasteiger partial charge is 0.490 e. The van der Waals surface area contributed by atoms with E-state index in [-0.39, 0.29) is 37.6 Å². The third-order valence-electron chi connectivity index (χ3n) is 5.42. The van der Waals surface area contributed by atoms with Gasteiger partial charge in [-0.2, -0.15) is 0 Å². The average molecular weight is 513 g/mol. The lowest BCUT2D eigenvalue weighted by Gasteiger charge is -2.14. The number of carbonyl (C=O) groups is 2. The maximum atomic E-state index is 11.6. The van der Waals surface area contributed by atoms with Crippen molar-refractivity contribution in [2.75, 3.05) is 39.6 Å². The highest BCUT2D eigenvalue weighted by molar-refractivity contribution is 5.88. The first-order chi connectivity index (χ1) is 17.9. The average Bonchev–Trinajstić information content (AvgIpc) is 2.92. The Morgan fingerprint density at radius 3 is 1.84 bits per heavy atom. The summed E-state index contributed by atoms with van der Waals surface area (Å²) in [5.41, 5.74) is 3.29. The van der Waals surface area contributed by atoms with Crippen LogP contribution in [0.15, 0.2) is 66.8 Å². The number of esters is 2. The monoisotopic (exact) mass is 512 g/mol. The predicted octanol–water partition coefficient (Wildman–Crippen LogP) is 4.03. The molecule has 0 radical (unpaired) electrons. The summed E-state index contributed by atoms with van der Waals surface area (Å²) in [6.07, 6.45) is 4.19. The van der Waals surface area contributed by atoms with Crippen LogP contribution in [0.4, 0.5) is 0 Å². The number of benzene rings is 2. The maximum Gasteiger partial charge on any atom is 0.335 e. The van der Waals surface area contributed by atoms with Crippen LogP contribution in [0, 0.1) is 0 Å². The summed E-state index contributed by atoms with van der Waals surface area (Å²) < 4.78 is 21.4. The van der Waals surface area contributed by atoms with Gasteiger partial charge < -0.3 is 29.2 Å². The van der Waals surface area contributed by atoms with Crippen molar-refractivity contribution in [3.8, 4) is 22.6 Å². The molecule has 8 nitrogen and oxygen atoms in total. The van der Waals surface area contributed by atoms with Gasteiger partial charge in [-0.25, -0.2) is 9.59 Å². The Kier molecular flexibility index (Phi) is 13.0. The van der Waals surface area contributed by atoms with E-state index in [9.17, 15) is 9.59 Å². The molecule has 0 aromatic heterocycles. The van der Waals surface area contributed by atoms with Crippen LogP contribution < -0.4 is 9.47 Å². The number of hydrogen-bond acceptors (Lipinski definition) is 8. The van der Waals surface area contributed by atoms with E-state index in [4.69, 9.17) is 29.2 Å². The lowest BCUT2D eigenvalue weighted by atomic mass is 9.95. The second-order valence-corrected chi connectivity index (χ2v) is 8.29. The molecule has 0 heterocycles. The van der Waals surface area contributed by atoms with Crippen LogP contribution in [0.5, 0.6) is 11.5 Å². The molecule has 2 aromatic rings. The van der Waals surface area contributed by atoms with Gasteiger partial charge in [0.25, 0.3) is 0 Å². The Labute approximate surface area is 218 Å². The zero-order valence-corrected chi connectivity index (χ0v) is 21.4. The molecule has 0 saturated heterocycles. The highest BCUT2D eigenvalue weighted by Gasteiger charge is 2.10. The van der Waals surface area contributed by atoms with E-state index < -0.39 is 25.2 Å². The van der Waals surface area contributed by atoms with Crippen molar-refractivity contribution in [1.82, 2.24) is 0 Å². The Bertz CT molecular complexity index is 1040. The molecule has 0 spiro atoms. The van der Waals surface area contributed by atoms with Gasteiger partial charge in [-0.1, -0.05) is 51.1 Å². The van der Waals surface area contributed by atoms with Gasteiger partial charge in [0.2, 0.25) is 0 Å². The number of carbonyl (C=O) groups excluding carboxylic acids is 2. The van der Waals surface area contributed by atoms with Gasteiger partial charge in [-0.15, -0.1) is 0 Å². The van der Waals surface area contributed by atoms with Gasteiger partial charge in [0, 0.05) is 0 Å². The van der Waals surface area contributed by atoms with Crippen LogP contribution in [0.1, 0.15) is 31.7 Å². The zero-order chi connectivity index (χ0) is 27.0. The van der Waals surface area contributed by atoms with Crippen molar-refractivity contribution < 1.29 is 38.7 Å². The summed E-state index contributed by atoms with van der Waals surface area (Å²) in [6, 6.07) is 13.6. The molecule has 0 amide bonds. The van der Waals surface area contributed by atoms with E-state index in [1.165, 1.54) is 0 Å². The van der Waals surface area contributed by atoms with Crippen LogP contribution in [0.2, 0.25) is 0 Å². The molecule has 0 fully saturated rings. The molecule has 200 valence electrons. The molecule has 0 aliphatic carbocycles. The third kappa shape index (κ3) is 10.1. The molecule has 37 heavy (non-hydrogen) atoms. The van der Waals surface area contributed by atoms with Crippen LogP contribution >= 0.6 is 0 Å². The van der Waals surface area contributed by atoms with Gasteiger partial charge in [0.1, 0.15) is 37.9 Å². The van der Waals surface area contributed by atoms with Crippen molar-refractivity contribution >= 4 is 11.9 Å². The highest BCUT2D eigenvalue weighted by Crippen LogP contribution is 2.30. The molecule has 2 rings (SSSR count). The quantitative estimate of drug-likeness (QED) is 0.186. The topological polar surface area (TPSA) is 112 Å². The molecule has 0 aliphatic rings. The van der Waals surface area contributed by atoms with Crippen molar-refractivity contribution in [3.63, 3.8) is 0 Å². The molecule has 0 bridgehead atoms. The standard InChI is InChI=1S/C29H36O8/c1-4-5-6-7-24-18-26(35-15-17-37-29(33)22(3)20-31)12-13-27(24)23-8-10-25(11-9-23)34-14-16-36-28(32)21(2)19-30/h8-13,18,30-31H,2-7,14-17,19-20H2,1H3. The summed E-state index contributed by atoms with van der Waals surface area (Å²) in [5.74, 6) is 0.0539. The number of ether oxygens (including phenoxy) is 4. The summed E-state index contributed by atoms with van der Waals surface area (Å²) in [4.78, 5) is 23.1. The molecule has 0 atom stereocenters. The number of aliphatic hydroxyl groups is 2. The number of aryl methyl sites for hydroxylation is 1. The van der Waals surface area contributed by atoms with Crippen molar-refractivity contribution in [1.29, 1.82) is 0 Å². The number of unbranched alkanes of at least 4 members (excludes halogenated alkanes) is 2. The van der Waals surface area contributed by atoms with E-state index in [0.717, 1.165) is 42.4 Å². The van der Waals surface area contributed by atoms with Crippen molar-refractivity contribution in [3.05, 3.63) is 72.3 Å². The normalized spacial score (nSPS) is 10.5. The number of aliphatic hydroxyl groups excluding tert-OH is 2. The summed E-state index contributed by atoms with van der Waals surface area (Å²) >= 11 is 0. The van der Waals surface area contributed by atoms with Crippen LogP contribution in [0.3, 0.4) is 0 Å². The minimum absolute atomic E-state index is 0.00304. The summed E-state index contributed by atoms with van der Waals surface area (Å²) in [7, 11) is 0. The van der Waals surface area contributed by atoms with E-state index in [0.29, 0.717) is 11.5 Å². The first kappa shape index (κ1) is 29.6. The molecule has 0 saturated carbocycles. The molecule has 0 aliphatic heterocycles. The summed E-state index contributed by atoms with van der Waals surface area (Å²) in [6.45, 7) is 8.62. The van der Waals surface area contributed by atoms with Crippen LogP contribution in [-0.4, -0.2) is 61.8 Å².